The van der Waals surface area contributed by atoms with E-state index in [-0.39, 0.29) is 13.2 Å². The van der Waals surface area contributed by atoms with Gasteiger partial charge >= 0.3 is 11.9 Å². The normalized spacial score (nSPS) is 10.3. The number of aliphatic carboxylic acids is 2. The summed E-state index contributed by atoms with van der Waals surface area (Å²) in [6.45, 7) is 0.0109. The van der Waals surface area contributed by atoms with E-state index in [0.29, 0.717) is 11.4 Å². The second-order valence-electron chi connectivity index (χ2n) is 5.69. The SMILES string of the molecule is COc1ccc(NCN(Cc2ccccc2)C(=O)C(C(=O)O)C(=O)O)cc1. The fourth-order valence-electron chi connectivity index (χ4n) is 2.41. The van der Waals surface area contributed by atoms with Crippen LogP contribution in [0.15, 0.2) is 54.6 Å². The molecule has 0 bridgehead atoms. The van der Waals surface area contributed by atoms with Crippen molar-refractivity contribution < 1.29 is 29.3 Å². The van der Waals surface area contributed by atoms with Gasteiger partial charge in [0.2, 0.25) is 11.8 Å². The first-order chi connectivity index (χ1) is 12.9. The van der Waals surface area contributed by atoms with Crippen LogP contribution in [0.25, 0.3) is 0 Å². The predicted molar refractivity (Wildman–Crippen MR) is 97.2 cm³/mol. The van der Waals surface area contributed by atoms with Gasteiger partial charge < -0.3 is 25.2 Å². The van der Waals surface area contributed by atoms with Crippen LogP contribution in [-0.2, 0) is 20.9 Å². The van der Waals surface area contributed by atoms with Crippen molar-refractivity contribution in [2.24, 2.45) is 5.92 Å². The highest BCUT2D eigenvalue weighted by Crippen LogP contribution is 2.16. The van der Waals surface area contributed by atoms with Crippen molar-refractivity contribution in [3.8, 4) is 5.75 Å². The molecule has 0 spiro atoms. The number of methoxy groups -OCH3 is 1. The first kappa shape index (κ1) is 19.8. The van der Waals surface area contributed by atoms with Gasteiger partial charge in [0.05, 0.1) is 13.8 Å². The van der Waals surface area contributed by atoms with Gasteiger partial charge in [-0.05, 0) is 29.8 Å². The number of rotatable bonds is 9. The molecule has 0 aliphatic heterocycles. The number of hydrogen-bond acceptors (Lipinski definition) is 5. The number of carbonyl (C=O) groups excluding carboxylic acids is 1. The Morgan fingerprint density at radius 3 is 2.11 bits per heavy atom. The summed E-state index contributed by atoms with van der Waals surface area (Å²) in [7, 11) is 1.54. The van der Waals surface area contributed by atoms with Crippen LogP contribution >= 0.6 is 0 Å². The smallest absolute Gasteiger partial charge is 0.327 e. The number of amides is 1. The Morgan fingerprint density at radius 2 is 1.59 bits per heavy atom. The topological polar surface area (TPSA) is 116 Å². The molecule has 0 aliphatic rings. The first-order valence-corrected chi connectivity index (χ1v) is 8.08. The van der Waals surface area contributed by atoms with E-state index in [1.165, 1.54) is 0 Å². The molecule has 2 aromatic rings. The molecule has 0 saturated heterocycles. The lowest BCUT2D eigenvalue weighted by atomic mass is 10.1. The van der Waals surface area contributed by atoms with E-state index < -0.39 is 23.8 Å². The lowest BCUT2D eigenvalue weighted by molar-refractivity contribution is -0.161. The summed E-state index contributed by atoms with van der Waals surface area (Å²) in [6, 6.07) is 15.8. The summed E-state index contributed by atoms with van der Waals surface area (Å²) in [4.78, 5) is 36.2. The molecule has 142 valence electrons. The summed E-state index contributed by atoms with van der Waals surface area (Å²) >= 11 is 0. The number of nitrogens with zero attached hydrogens (tertiary/aromatic N) is 1. The zero-order valence-electron chi connectivity index (χ0n) is 14.7. The van der Waals surface area contributed by atoms with Crippen LogP contribution in [-0.4, -0.2) is 46.7 Å². The first-order valence-electron chi connectivity index (χ1n) is 8.08. The molecule has 0 aliphatic carbocycles. The predicted octanol–water partition coefficient (Wildman–Crippen LogP) is 1.88. The van der Waals surface area contributed by atoms with Crippen LogP contribution < -0.4 is 10.1 Å². The van der Waals surface area contributed by atoms with Crippen LogP contribution in [0, 0.1) is 5.92 Å². The van der Waals surface area contributed by atoms with E-state index in [0.717, 1.165) is 10.5 Å². The molecule has 0 fully saturated rings. The maximum Gasteiger partial charge on any atom is 0.327 e. The van der Waals surface area contributed by atoms with Gasteiger partial charge in [-0.3, -0.25) is 14.4 Å². The second kappa shape index (κ2) is 9.23. The number of carboxylic acids is 2. The third-order valence-electron chi connectivity index (χ3n) is 3.83. The Bertz CT molecular complexity index is 778. The van der Waals surface area contributed by atoms with Gasteiger partial charge in [-0.1, -0.05) is 30.3 Å². The number of ether oxygens (including phenoxy) is 1. The zero-order chi connectivity index (χ0) is 19.8. The number of benzene rings is 2. The number of anilines is 1. The van der Waals surface area contributed by atoms with Crippen LogP contribution in [0.4, 0.5) is 5.69 Å². The maximum absolute atomic E-state index is 12.6. The van der Waals surface area contributed by atoms with Crippen molar-refractivity contribution in [3.63, 3.8) is 0 Å². The third kappa shape index (κ3) is 5.46. The molecular weight excluding hydrogens is 352 g/mol. The third-order valence-corrected chi connectivity index (χ3v) is 3.83. The highest BCUT2D eigenvalue weighted by molar-refractivity contribution is 6.13. The van der Waals surface area contributed by atoms with Crippen molar-refractivity contribution in [1.82, 2.24) is 4.90 Å². The Morgan fingerprint density at radius 1 is 1.00 bits per heavy atom. The molecule has 0 heterocycles. The number of hydrogen-bond donors (Lipinski definition) is 3. The van der Waals surface area contributed by atoms with E-state index in [4.69, 9.17) is 14.9 Å². The van der Waals surface area contributed by atoms with Crippen LogP contribution in [0.1, 0.15) is 5.56 Å². The molecule has 0 aromatic heterocycles. The summed E-state index contributed by atoms with van der Waals surface area (Å²) < 4.78 is 5.07. The molecule has 3 N–H and O–H groups in total. The molecule has 2 rings (SSSR count). The van der Waals surface area contributed by atoms with E-state index in [1.54, 1.807) is 55.6 Å². The van der Waals surface area contributed by atoms with Gasteiger partial charge in [0.25, 0.3) is 0 Å². The second-order valence-corrected chi connectivity index (χ2v) is 5.69. The van der Waals surface area contributed by atoms with E-state index in [1.807, 2.05) is 6.07 Å². The molecule has 1 amide bonds. The standard InChI is InChI=1S/C19H20N2O6/c1-27-15-9-7-14(8-10-15)20-12-21(11-13-5-3-2-4-6-13)17(22)16(18(23)24)19(25)26/h2-10,16,20H,11-12H2,1H3,(H,23,24)(H,25,26). The Labute approximate surface area is 156 Å². The van der Waals surface area contributed by atoms with Crippen LogP contribution in [0.5, 0.6) is 5.75 Å². The minimum atomic E-state index is -2.16. The van der Waals surface area contributed by atoms with Crippen molar-refractivity contribution in [1.29, 1.82) is 0 Å². The molecule has 0 radical (unpaired) electrons. The van der Waals surface area contributed by atoms with Crippen molar-refractivity contribution in [2.75, 3.05) is 19.1 Å². The molecule has 2 aromatic carbocycles. The Hall–Kier alpha value is -3.55. The molecule has 0 unspecified atom stereocenters. The molecule has 8 heteroatoms. The number of nitrogens with one attached hydrogen (secondary N) is 1. The summed E-state index contributed by atoms with van der Waals surface area (Å²) in [5.41, 5.74) is 1.42. The minimum Gasteiger partial charge on any atom is -0.497 e. The van der Waals surface area contributed by atoms with Crippen LogP contribution in [0.3, 0.4) is 0 Å². The maximum atomic E-state index is 12.6. The van der Waals surface area contributed by atoms with Crippen molar-refractivity contribution in [2.45, 2.75) is 6.54 Å². The summed E-state index contributed by atoms with van der Waals surface area (Å²) in [5, 5.41) is 21.2. The number of carboxylic acid groups (broad SMARTS) is 2. The van der Waals surface area contributed by atoms with Crippen molar-refractivity contribution in [3.05, 3.63) is 60.2 Å². The lowest BCUT2D eigenvalue weighted by Crippen LogP contribution is -2.44. The average molecular weight is 372 g/mol. The Kier molecular flexibility index (Phi) is 6.76. The van der Waals surface area contributed by atoms with Crippen LogP contribution in [0.2, 0.25) is 0 Å². The summed E-state index contributed by atoms with van der Waals surface area (Å²) in [6.07, 6.45) is 0. The highest BCUT2D eigenvalue weighted by Gasteiger charge is 2.37. The summed E-state index contributed by atoms with van der Waals surface area (Å²) in [5.74, 6) is -5.90. The molecule has 27 heavy (non-hydrogen) atoms. The largest absolute Gasteiger partial charge is 0.497 e. The quantitative estimate of drug-likeness (QED) is 0.454. The molecule has 0 saturated carbocycles. The van der Waals surface area contributed by atoms with Gasteiger partial charge in [-0.15, -0.1) is 0 Å². The fraction of sp³-hybridized carbons (Fsp3) is 0.211. The number of carbonyl (C=O) groups is 3. The van der Waals surface area contributed by atoms with E-state index in [9.17, 15) is 14.4 Å². The van der Waals surface area contributed by atoms with Gasteiger partial charge in [0.15, 0.2) is 0 Å². The lowest BCUT2D eigenvalue weighted by Gasteiger charge is -2.25. The fourth-order valence-corrected chi connectivity index (χ4v) is 2.41. The van der Waals surface area contributed by atoms with Gasteiger partial charge in [0, 0.05) is 12.2 Å². The van der Waals surface area contributed by atoms with Crippen molar-refractivity contribution >= 4 is 23.5 Å². The average Bonchev–Trinajstić information content (AvgIpc) is 2.65. The minimum absolute atomic E-state index is 0.0584. The molecule has 0 atom stereocenters. The highest BCUT2D eigenvalue weighted by atomic mass is 16.5. The van der Waals surface area contributed by atoms with Gasteiger partial charge in [0.1, 0.15) is 5.75 Å². The molecular formula is C19H20N2O6. The van der Waals surface area contributed by atoms with Gasteiger partial charge in [-0.2, -0.15) is 0 Å². The van der Waals surface area contributed by atoms with E-state index in [2.05, 4.69) is 5.32 Å². The molecule has 8 nitrogen and oxygen atoms in total. The monoisotopic (exact) mass is 372 g/mol. The van der Waals surface area contributed by atoms with Gasteiger partial charge in [-0.25, -0.2) is 0 Å². The zero-order valence-corrected chi connectivity index (χ0v) is 14.7. The Balaban J connectivity index is 2.18. The van der Waals surface area contributed by atoms with E-state index >= 15 is 0 Å².